The number of ether oxygens (including phenoxy) is 3. The number of fused-ring (bicyclic) bond motifs is 1. The summed E-state index contributed by atoms with van der Waals surface area (Å²) in [6.07, 6.45) is 2.55. The number of imidazole rings is 1. The van der Waals surface area contributed by atoms with Crippen LogP contribution >= 0.6 is 11.6 Å². The summed E-state index contributed by atoms with van der Waals surface area (Å²) in [6.45, 7) is 16.5. The van der Waals surface area contributed by atoms with E-state index < -0.39 is 0 Å². The summed E-state index contributed by atoms with van der Waals surface area (Å²) >= 11 is 6.08. The number of benzene rings is 3. The van der Waals surface area contributed by atoms with Crippen LogP contribution in [0.1, 0.15) is 46.1 Å². The Balaban J connectivity index is 1.48. The van der Waals surface area contributed by atoms with Crippen LogP contribution in [0.5, 0.6) is 23.0 Å². The zero-order valence-corrected chi connectivity index (χ0v) is 27.3. The van der Waals surface area contributed by atoms with Gasteiger partial charge in [0, 0.05) is 42.2 Å². The summed E-state index contributed by atoms with van der Waals surface area (Å²) in [4.78, 5) is 13.1. The first kappa shape index (κ1) is 33.4. The van der Waals surface area contributed by atoms with Gasteiger partial charge in [0.25, 0.3) is 0 Å². The van der Waals surface area contributed by atoms with Crippen molar-refractivity contribution in [2.45, 2.75) is 47.0 Å². The molecule has 0 fully saturated rings. The van der Waals surface area contributed by atoms with E-state index >= 15 is 0 Å². The summed E-state index contributed by atoms with van der Waals surface area (Å²) in [6, 6.07) is 16.9. The molecule has 0 saturated heterocycles. The molecule has 0 aliphatic rings. The first-order chi connectivity index (χ1) is 21.4. The summed E-state index contributed by atoms with van der Waals surface area (Å²) < 4.78 is 18.3. The van der Waals surface area contributed by atoms with Crippen molar-refractivity contribution in [3.05, 3.63) is 65.2 Å². The van der Waals surface area contributed by atoms with Gasteiger partial charge in [0.1, 0.15) is 17.1 Å². The molecule has 0 unspecified atom stereocenters. The number of halogens is 1. The fourth-order valence-electron chi connectivity index (χ4n) is 5.18. The molecule has 9 heteroatoms. The molecule has 0 atom stereocenters. The molecule has 8 nitrogen and oxygen atoms in total. The molecule has 0 saturated carbocycles. The van der Waals surface area contributed by atoms with E-state index in [1.165, 1.54) is 0 Å². The molecule has 238 valence electrons. The maximum atomic E-state index is 10.8. The Hall–Kier alpha value is -3.46. The molecular weight excluding hydrogens is 576 g/mol. The molecule has 0 aliphatic heterocycles. The van der Waals surface area contributed by atoms with E-state index in [4.69, 9.17) is 30.8 Å². The monoisotopic (exact) mass is 622 g/mol. The Bertz CT molecular complexity index is 1450. The summed E-state index contributed by atoms with van der Waals surface area (Å²) in [5.74, 6) is 2.54. The Morgan fingerprint density at radius 2 is 1.45 bits per heavy atom. The van der Waals surface area contributed by atoms with Crippen LogP contribution in [0, 0.1) is 0 Å². The minimum absolute atomic E-state index is 0.0548. The smallest absolute Gasteiger partial charge is 0.160 e. The Morgan fingerprint density at radius 3 is 2.11 bits per heavy atom. The second kappa shape index (κ2) is 17.1. The molecular formula is C35H47ClN4O4. The van der Waals surface area contributed by atoms with Gasteiger partial charge in [-0.15, -0.1) is 0 Å². The topological polar surface area (TPSA) is 83.1 Å². The first-order valence-electron chi connectivity index (χ1n) is 15.9. The summed E-state index contributed by atoms with van der Waals surface area (Å²) in [5.41, 5.74) is 3.38. The van der Waals surface area contributed by atoms with Crippen LogP contribution in [0.4, 0.5) is 0 Å². The van der Waals surface area contributed by atoms with E-state index in [-0.39, 0.29) is 5.75 Å². The van der Waals surface area contributed by atoms with E-state index in [2.05, 4.69) is 42.5 Å². The highest BCUT2D eigenvalue weighted by atomic mass is 35.5. The van der Waals surface area contributed by atoms with Crippen molar-refractivity contribution in [1.82, 2.24) is 19.8 Å². The number of nitrogens with zero attached hydrogens (tertiary/aromatic N) is 3. The third-order valence-electron chi connectivity index (χ3n) is 7.85. The van der Waals surface area contributed by atoms with Gasteiger partial charge in [-0.25, -0.2) is 4.98 Å². The van der Waals surface area contributed by atoms with Gasteiger partial charge in [-0.2, -0.15) is 0 Å². The first-order valence-corrected chi connectivity index (χ1v) is 16.3. The van der Waals surface area contributed by atoms with Crippen molar-refractivity contribution in [3.8, 4) is 34.4 Å². The number of hydrogen-bond acceptors (Lipinski definition) is 7. The highest BCUT2D eigenvalue weighted by Gasteiger charge is 2.15. The Kier molecular flexibility index (Phi) is 13.0. The predicted molar refractivity (Wildman–Crippen MR) is 180 cm³/mol. The largest absolute Gasteiger partial charge is 0.504 e. The molecule has 1 aromatic heterocycles. The van der Waals surface area contributed by atoms with Gasteiger partial charge in [0.15, 0.2) is 17.2 Å². The number of nitrogens with one attached hydrogen (secondary N) is 1. The second-order valence-electron chi connectivity index (χ2n) is 10.8. The van der Waals surface area contributed by atoms with Gasteiger partial charge in [-0.3, -0.25) is 0 Å². The standard InChI is InChI=1S/C35H47ClN4O4/c1-5-39(6-2)17-10-19-42-29-24-30-34(33(25-29)43-20-11-18-40(7-3)8-4)38-35(37-30)27-14-15-32(31(41)23-27)44-21-16-26-12-9-13-28(36)22-26/h9,12-15,22-25,41H,5-8,10-11,16-21H2,1-4H3,(H,37,38). The van der Waals surface area contributed by atoms with Crippen LogP contribution in [-0.2, 0) is 6.42 Å². The number of H-pyrrole nitrogens is 1. The van der Waals surface area contributed by atoms with Crippen LogP contribution < -0.4 is 14.2 Å². The fourth-order valence-corrected chi connectivity index (χ4v) is 5.39. The number of aromatic amines is 1. The molecule has 44 heavy (non-hydrogen) atoms. The quantitative estimate of drug-likeness (QED) is 0.105. The number of hydrogen-bond donors (Lipinski definition) is 2. The SMILES string of the molecule is CCN(CC)CCCOc1cc(OCCCN(CC)CC)c2nc(-c3ccc(OCCc4cccc(Cl)c4)c(O)c3)[nH]c2c1. The van der Waals surface area contributed by atoms with Gasteiger partial charge in [0.2, 0.25) is 0 Å². The number of aromatic hydroxyl groups is 1. The maximum Gasteiger partial charge on any atom is 0.160 e. The van der Waals surface area contributed by atoms with E-state index in [0.717, 1.165) is 80.0 Å². The van der Waals surface area contributed by atoms with Crippen molar-refractivity contribution in [3.63, 3.8) is 0 Å². The molecule has 2 N–H and O–H groups in total. The van der Waals surface area contributed by atoms with Crippen LogP contribution in [0.2, 0.25) is 5.02 Å². The highest BCUT2D eigenvalue weighted by molar-refractivity contribution is 6.30. The average molecular weight is 623 g/mol. The molecule has 0 radical (unpaired) electrons. The average Bonchev–Trinajstić information content (AvgIpc) is 3.46. The van der Waals surface area contributed by atoms with E-state index in [1.54, 1.807) is 12.1 Å². The number of phenolic OH excluding ortho intramolecular Hbond substituents is 1. The van der Waals surface area contributed by atoms with E-state index in [9.17, 15) is 5.11 Å². The molecule has 1 heterocycles. The van der Waals surface area contributed by atoms with Gasteiger partial charge < -0.3 is 34.1 Å². The molecule has 0 spiro atoms. The minimum atomic E-state index is 0.0548. The van der Waals surface area contributed by atoms with Crippen LogP contribution in [0.25, 0.3) is 22.4 Å². The third kappa shape index (κ3) is 9.52. The Morgan fingerprint density at radius 1 is 0.773 bits per heavy atom. The number of phenols is 1. The van der Waals surface area contributed by atoms with Crippen molar-refractivity contribution in [2.75, 3.05) is 59.1 Å². The lowest BCUT2D eigenvalue weighted by Gasteiger charge is -2.18. The molecule has 3 aromatic carbocycles. The lowest BCUT2D eigenvalue weighted by molar-refractivity contribution is 0.243. The minimum Gasteiger partial charge on any atom is -0.504 e. The Labute approximate surface area is 266 Å². The second-order valence-corrected chi connectivity index (χ2v) is 11.2. The summed E-state index contributed by atoms with van der Waals surface area (Å²) in [5, 5.41) is 11.4. The maximum absolute atomic E-state index is 10.8. The van der Waals surface area contributed by atoms with Crippen molar-refractivity contribution in [2.24, 2.45) is 0 Å². The molecule has 4 rings (SSSR count). The van der Waals surface area contributed by atoms with Gasteiger partial charge in [-0.1, -0.05) is 51.4 Å². The number of aromatic nitrogens is 2. The van der Waals surface area contributed by atoms with Gasteiger partial charge in [0.05, 0.1) is 25.3 Å². The van der Waals surface area contributed by atoms with Gasteiger partial charge in [-0.05, 0) is 74.9 Å². The molecule has 0 amide bonds. The molecule has 4 aromatic rings. The van der Waals surface area contributed by atoms with Crippen LogP contribution in [-0.4, -0.2) is 84.0 Å². The highest BCUT2D eigenvalue weighted by Crippen LogP contribution is 2.35. The molecule has 0 aliphatic carbocycles. The molecule has 0 bridgehead atoms. The fraction of sp³-hybridized carbons (Fsp3) is 0.457. The predicted octanol–water partition coefficient (Wildman–Crippen LogP) is 7.43. The van der Waals surface area contributed by atoms with Crippen LogP contribution in [0.15, 0.2) is 54.6 Å². The third-order valence-corrected chi connectivity index (χ3v) is 8.08. The van der Waals surface area contributed by atoms with E-state index in [1.807, 2.05) is 42.5 Å². The van der Waals surface area contributed by atoms with Crippen molar-refractivity contribution < 1.29 is 19.3 Å². The lowest BCUT2D eigenvalue weighted by Crippen LogP contribution is -2.25. The van der Waals surface area contributed by atoms with Crippen molar-refractivity contribution in [1.29, 1.82) is 0 Å². The van der Waals surface area contributed by atoms with Crippen molar-refractivity contribution >= 4 is 22.6 Å². The number of rotatable bonds is 19. The normalized spacial score (nSPS) is 11.5. The summed E-state index contributed by atoms with van der Waals surface area (Å²) in [7, 11) is 0. The van der Waals surface area contributed by atoms with Crippen LogP contribution in [0.3, 0.4) is 0 Å². The van der Waals surface area contributed by atoms with Gasteiger partial charge >= 0.3 is 0 Å². The zero-order valence-electron chi connectivity index (χ0n) is 26.6. The lowest BCUT2D eigenvalue weighted by atomic mass is 10.1. The zero-order chi connectivity index (χ0) is 31.3. The van der Waals surface area contributed by atoms with E-state index in [0.29, 0.717) is 48.6 Å².